The third-order valence-electron chi connectivity index (χ3n) is 2.36. The highest BCUT2D eigenvalue weighted by Crippen LogP contribution is 2.15. The zero-order valence-corrected chi connectivity index (χ0v) is 9.17. The summed E-state index contributed by atoms with van der Waals surface area (Å²) in [6.45, 7) is 0.431. The van der Waals surface area contributed by atoms with Gasteiger partial charge in [-0.3, -0.25) is 4.79 Å². The summed E-state index contributed by atoms with van der Waals surface area (Å²) in [6, 6.07) is 13.8. The fraction of sp³-hybridized carbons (Fsp3) is 0.0714. The van der Waals surface area contributed by atoms with Crippen LogP contribution in [-0.4, -0.2) is 11.4 Å². The molecule has 17 heavy (non-hydrogen) atoms. The van der Waals surface area contributed by atoms with E-state index in [1.54, 1.807) is 48.5 Å². The molecule has 3 nitrogen and oxygen atoms in total. The average Bonchev–Trinajstić information content (AvgIpc) is 2.39. The van der Waals surface area contributed by atoms with Gasteiger partial charge in [-0.2, -0.15) is 0 Å². The molecular weight excluding hydrogens is 216 g/mol. The molecule has 0 aliphatic heterocycles. The third-order valence-corrected chi connectivity index (χ3v) is 2.36. The van der Waals surface area contributed by atoms with Crippen molar-refractivity contribution in [3.05, 3.63) is 59.7 Å². The Kier molecular flexibility index (Phi) is 3.40. The van der Waals surface area contributed by atoms with E-state index in [4.69, 9.17) is 9.84 Å². The van der Waals surface area contributed by atoms with Gasteiger partial charge in [0.2, 0.25) is 0 Å². The minimum atomic E-state index is 0.240. The predicted octanol–water partition coefficient (Wildman–Crippen LogP) is 2.78. The van der Waals surface area contributed by atoms with Crippen LogP contribution in [0.15, 0.2) is 48.5 Å². The molecule has 3 heteroatoms. The normalized spacial score (nSPS) is 9.88. The van der Waals surface area contributed by atoms with E-state index < -0.39 is 0 Å². The van der Waals surface area contributed by atoms with Gasteiger partial charge in [-0.15, -0.1) is 0 Å². The van der Waals surface area contributed by atoms with Crippen LogP contribution in [0, 0.1) is 0 Å². The van der Waals surface area contributed by atoms with Crippen molar-refractivity contribution in [1.82, 2.24) is 0 Å². The molecule has 0 aliphatic rings. The molecule has 0 fully saturated rings. The van der Waals surface area contributed by atoms with Crippen molar-refractivity contribution >= 4 is 6.29 Å². The topological polar surface area (TPSA) is 46.5 Å². The quantitative estimate of drug-likeness (QED) is 0.818. The molecule has 0 atom stereocenters. The van der Waals surface area contributed by atoms with Crippen molar-refractivity contribution < 1.29 is 14.6 Å². The lowest BCUT2D eigenvalue weighted by atomic mass is 10.2. The second-order valence-electron chi connectivity index (χ2n) is 3.64. The summed E-state index contributed by atoms with van der Waals surface area (Å²) >= 11 is 0. The Hall–Kier alpha value is -2.29. The van der Waals surface area contributed by atoms with Crippen LogP contribution in [0.3, 0.4) is 0 Å². The third kappa shape index (κ3) is 3.08. The Morgan fingerprint density at radius 2 is 1.65 bits per heavy atom. The van der Waals surface area contributed by atoms with Crippen LogP contribution in [0.1, 0.15) is 15.9 Å². The van der Waals surface area contributed by atoms with Crippen molar-refractivity contribution in [3.63, 3.8) is 0 Å². The molecule has 1 N–H and O–H groups in total. The number of aldehydes is 1. The highest BCUT2D eigenvalue weighted by molar-refractivity contribution is 5.74. The number of hydrogen-bond acceptors (Lipinski definition) is 3. The van der Waals surface area contributed by atoms with Crippen LogP contribution in [-0.2, 0) is 6.61 Å². The zero-order valence-electron chi connectivity index (χ0n) is 9.17. The molecule has 86 valence electrons. The molecule has 0 aromatic heterocycles. The van der Waals surface area contributed by atoms with Crippen molar-refractivity contribution in [2.75, 3.05) is 0 Å². The lowest BCUT2D eigenvalue weighted by Crippen LogP contribution is -1.95. The highest BCUT2D eigenvalue weighted by Gasteiger charge is 1.97. The standard InChI is InChI=1S/C14H12O3/c15-9-11-3-7-14(8-4-11)17-10-12-1-5-13(16)6-2-12/h1-9,16H,10H2. The maximum absolute atomic E-state index is 10.5. The first-order valence-electron chi connectivity index (χ1n) is 5.24. The van der Waals surface area contributed by atoms with Crippen LogP contribution in [0.5, 0.6) is 11.5 Å². The van der Waals surface area contributed by atoms with E-state index in [9.17, 15) is 4.79 Å². The van der Waals surface area contributed by atoms with E-state index in [2.05, 4.69) is 0 Å². The molecule has 0 amide bonds. The number of rotatable bonds is 4. The van der Waals surface area contributed by atoms with Crippen molar-refractivity contribution in [2.45, 2.75) is 6.61 Å². The maximum atomic E-state index is 10.5. The molecule has 0 aliphatic carbocycles. The van der Waals surface area contributed by atoms with Gasteiger partial charge in [0.1, 0.15) is 24.4 Å². The molecule has 2 aromatic rings. The summed E-state index contributed by atoms with van der Waals surface area (Å²) in [5.41, 5.74) is 1.60. The molecule has 0 spiro atoms. The average molecular weight is 228 g/mol. The Labute approximate surface area is 99.3 Å². The molecule has 2 aromatic carbocycles. The number of phenols is 1. The summed E-state index contributed by atoms with van der Waals surface area (Å²) in [5.74, 6) is 0.952. The molecule has 0 saturated carbocycles. The van der Waals surface area contributed by atoms with E-state index in [1.165, 1.54) is 0 Å². The van der Waals surface area contributed by atoms with Crippen molar-refractivity contribution in [2.24, 2.45) is 0 Å². The van der Waals surface area contributed by atoms with Gasteiger partial charge in [0.15, 0.2) is 0 Å². The number of ether oxygens (including phenoxy) is 1. The van der Waals surface area contributed by atoms with Crippen LogP contribution in [0.25, 0.3) is 0 Å². The highest BCUT2D eigenvalue weighted by atomic mass is 16.5. The van der Waals surface area contributed by atoms with Crippen LogP contribution in [0.2, 0.25) is 0 Å². The maximum Gasteiger partial charge on any atom is 0.150 e. The van der Waals surface area contributed by atoms with Gasteiger partial charge in [-0.05, 0) is 42.0 Å². The minimum Gasteiger partial charge on any atom is -0.508 e. The summed E-state index contributed by atoms with van der Waals surface area (Å²) < 4.78 is 5.53. The first-order valence-corrected chi connectivity index (χ1v) is 5.24. The summed E-state index contributed by atoms with van der Waals surface area (Å²) in [6.07, 6.45) is 0.795. The number of hydrogen-bond donors (Lipinski definition) is 1. The van der Waals surface area contributed by atoms with Gasteiger partial charge in [0.25, 0.3) is 0 Å². The minimum absolute atomic E-state index is 0.240. The van der Waals surface area contributed by atoms with Gasteiger partial charge in [0, 0.05) is 5.56 Å². The Morgan fingerprint density at radius 1 is 1.00 bits per heavy atom. The van der Waals surface area contributed by atoms with Crippen LogP contribution >= 0.6 is 0 Å². The number of carbonyl (C=O) groups is 1. The van der Waals surface area contributed by atoms with E-state index in [0.717, 1.165) is 11.8 Å². The largest absolute Gasteiger partial charge is 0.508 e. The lowest BCUT2D eigenvalue weighted by molar-refractivity contribution is 0.112. The Morgan fingerprint density at radius 3 is 2.24 bits per heavy atom. The van der Waals surface area contributed by atoms with Gasteiger partial charge >= 0.3 is 0 Å². The van der Waals surface area contributed by atoms with E-state index in [0.29, 0.717) is 17.9 Å². The Balaban J connectivity index is 1.97. The molecule has 0 bridgehead atoms. The van der Waals surface area contributed by atoms with Gasteiger partial charge in [-0.25, -0.2) is 0 Å². The number of carbonyl (C=O) groups excluding carboxylic acids is 1. The van der Waals surface area contributed by atoms with Crippen molar-refractivity contribution in [3.8, 4) is 11.5 Å². The van der Waals surface area contributed by atoms with Gasteiger partial charge < -0.3 is 9.84 Å². The number of phenolic OH excluding ortho intramolecular Hbond substituents is 1. The summed E-state index contributed by atoms with van der Waals surface area (Å²) in [7, 11) is 0. The van der Waals surface area contributed by atoms with E-state index >= 15 is 0 Å². The summed E-state index contributed by atoms with van der Waals surface area (Å²) in [4.78, 5) is 10.5. The smallest absolute Gasteiger partial charge is 0.150 e. The second-order valence-corrected chi connectivity index (χ2v) is 3.64. The predicted molar refractivity (Wildman–Crippen MR) is 64.3 cm³/mol. The first kappa shape index (κ1) is 11.2. The zero-order chi connectivity index (χ0) is 12.1. The van der Waals surface area contributed by atoms with E-state index in [1.807, 2.05) is 0 Å². The number of aromatic hydroxyl groups is 1. The monoisotopic (exact) mass is 228 g/mol. The summed E-state index contributed by atoms with van der Waals surface area (Å²) in [5, 5.41) is 9.13. The van der Waals surface area contributed by atoms with Crippen LogP contribution < -0.4 is 4.74 Å². The second kappa shape index (κ2) is 5.16. The molecule has 0 heterocycles. The Bertz CT molecular complexity index is 486. The lowest BCUT2D eigenvalue weighted by Gasteiger charge is -2.06. The van der Waals surface area contributed by atoms with Gasteiger partial charge in [-0.1, -0.05) is 12.1 Å². The SMILES string of the molecule is O=Cc1ccc(OCc2ccc(O)cc2)cc1. The van der Waals surface area contributed by atoms with Gasteiger partial charge in [0.05, 0.1) is 0 Å². The molecule has 0 radical (unpaired) electrons. The van der Waals surface area contributed by atoms with Crippen molar-refractivity contribution in [1.29, 1.82) is 0 Å². The first-order chi connectivity index (χ1) is 8.28. The molecule has 2 rings (SSSR count). The molecule has 0 unspecified atom stereocenters. The van der Waals surface area contributed by atoms with Crippen LogP contribution in [0.4, 0.5) is 0 Å². The fourth-order valence-electron chi connectivity index (χ4n) is 1.40. The fourth-order valence-corrected chi connectivity index (χ4v) is 1.40. The number of benzene rings is 2. The molecular formula is C14H12O3. The molecule has 0 saturated heterocycles. The van der Waals surface area contributed by atoms with E-state index in [-0.39, 0.29) is 5.75 Å².